The van der Waals surface area contributed by atoms with Crippen molar-refractivity contribution in [1.82, 2.24) is 10.2 Å². The van der Waals surface area contributed by atoms with E-state index in [1.807, 2.05) is 11.0 Å². The van der Waals surface area contributed by atoms with E-state index < -0.39 is 4.92 Å². The van der Waals surface area contributed by atoms with Crippen LogP contribution in [0.4, 0.5) is 11.4 Å². The number of nitrogens with one attached hydrogen (secondary N) is 1. The average Bonchev–Trinajstić information content (AvgIpc) is 2.48. The number of benzene rings is 1. The summed E-state index contributed by atoms with van der Waals surface area (Å²) in [6.07, 6.45) is 0. The van der Waals surface area contributed by atoms with Crippen molar-refractivity contribution in [2.75, 3.05) is 44.7 Å². The van der Waals surface area contributed by atoms with Gasteiger partial charge in [-0.3, -0.25) is 14.9 Å². The first-order chi connectivity index (χ1) is 9.61. The number of hydrogen-bond donors (Lipinski definition) is 1. The molecule has 1 saturated heterocycles. The quantitative estimate of drug-likeness (QED) is 0.659. The second-order valence-corrected chi connectivity index (χ2v) is 4.68. The van der Waals surface area contributed by atoms with Gasteiger partial charge in [-0.1, -0.05) is 6.07 Å². The molecule has 1 heterocycles. The molecule has 0 radical (unpaired) electrons. The smallest absolute Gasteiger partial charge is 0.271 e. The first kappa shape index (κ1) is 17.2. The van der Waals surface area contributed by atoms with Gasteiger partial charge < -0.3 is 15.1 Å². The number of nitro benzene ring substituents is 1. The lowest BCUT2D eigenvalue weighted by atomic mass is 10.2. The molecule has 1 amide bonds. The van der Waals surface area contributed by atoms with Gasteiger partial charge in [0.1, 0.15) is 0 Å². The van der Waals surface area contributed by atoms with Crippen LogP contribution >= 0.6 is 12.4 Å². The zero-order valence-corrected chi connectivity index (χ0v) is 12.6. The Hall–Kier alpha value is -1.86. The van der Waals surface area contributed by atoms with Crippen LogP contribution in [0.15, 0.2) is 24.3 Å². The van der Waals surface area contributed by atoms with Crippen molar-refractivity contribution in [1.29, 1.82) is 0 Å². The first-order valence-electron chi connectivity index (χ1n) is 6.53. The second kappa shape index (κ2) is 7.80. The van der Waals surface area contributed by atoms with Crippen LogP contribution < -0.4 is 10.2 Å². The molecule has 8 heteroatoms. The van der Waals surface area contributed by atoms with E-state index in [4.69, 9.17) is 0 Å². The van der Waals surface area contributed by atoms with E-state index in [9.17, 15) is 14.9 Å². The van der Waals surface area contributed by atoms with E-state index in [0.29, 0.717) is 32.7 Å². The van der Waals surface area contributed by atoms with Crippen LogP contribution in [0.3, 0.4) is 0 Å². The van der Waals surface area contributed by atoms with Gasteiger partial charge in [-0.2, -0.15) is 0 Å². The Morgan fingerprint density at radius 2 is 2.00 bits per heavy atom. The molecule has 0 spiro atoms. The van der Waals surface area contributed by atoms with E-state index >= 15 is 0 Å². The molecular formula is C13H19ClN4O3. The lowest BCUT2D eigenvalue weighted by Crippen LogP contribution is -2.50. The lowest BCUT2D eigenvalue weighted by molar-refractivity contribution is -0.384. The van der Waals surface area contributed by atoms with Crippen molar-refractivity contribution in [2.24, 2.45) is 0 Å². The molecule has 1 aromatic rings. The van der Waals surface area contributed by atoms with Crippen LogP contribution in [0, 0.1) is 10.1 Å². The molecule has 1 aliphatic rings. The third kappa shape index (κ3) is 4.30. The number of carbonyl (C=O) groups excluding carboxylic acids is 1. The molecule has 1 fully saturated rings. The van der Waals surface area contributed by atoms with Gasteiger partial charge in [0.25, 0.3) is 5.69 Å². The summed E-state index contributed by atoms with van der Waals surface area (Å²) < 4.78 is 0. The Balaban J connectivity index is 0.00000220. The molecule has 1 N–H and O–H groups in total. The molecule has 1 aliphatic heterocycles. The zero-order chi connectivity index (χ0) is 14.5. The van der Waals surface area contributed by atoms with Gasteiger partial charge in [0.05, 0.1) is 11.5 Å². The van der Waals surface area contributed by atoms with Crippen molar-refractivity contribution in [3.63, 3.8) is 0 Å². The summed E-state index contributed by atoms with van der Waals surface area (Å²) >= 11 is 0. The van der Waals surface area contributed by atoms with Gasteiger partial charge in [0.2, 0.25) is 5.91 Å². The number of amides is 1. The number of nitro groups is 1. The fourth-order valence-corrected chi connectivity index (χ4v) is 2.28. The Labute approximate surface area is 129 Å². The van der Waals surface area contributed by atoms with E-state index in [1.165, 1.54) is 6.07 Å². The Morgan fingerprint density at radius 3 is 2.57 bits per heavy atom. The number of likely N-dealkylation sites (N-methyl/N-ethyl adjacent to an activating group) is 1. The monoisotopic (exact) mass is 314 g/mol. The molecule has 116 valence electrons. The number of non-ortho nitro benzene ring substituents is 1. The van der Waals surface area contributed by atoms with Gasteiger partial charge in [0, 0.05) is 44.0 Å². The third-order valence-corrected chi connectivity index (χ3v) is 3.37. The van der Waals surface area contributed by atoms with Crippen molar-refractivity contribution in [2.45, 2.75) is 0 Å². The molecule has 1 aromatic carbocycles. The zero-order valence-electron chi connectivity index (χ0n) is 11.8. The van der Waals surface area contributed by atoms with E-state index in [1.54, 1.807) is 19.2 Å². The van der Waals surface area contributed by atoms with Crippen molar-refractivity contribution in [3.8, 4) is 0 Å². The molecular weight excluding hydrogens is 296 g/mol. The lowest BCUT2D eigenvalue weighted by Gasteiger charge is -2.36. The Kier molecular flexibility index (Phi) is 6.39. The maximum Gasteiger partial charge on any atom is 0.271 e. The van der Waals surface area contributed by atoms with Crippen LogP contribution in [-0.4, -0.2) is 55.5 Å². The van der Waals surface area contributed by atoms with Crippen LogP contribution in [0.1, 0.15) is 0 Å². The average molecular weight is 315 g/mol. The highest BCUT2D eigenvalue weighted by atomic mass is 35.5. The minimum atomic E-state index is -0.393. The fraction of sp³-hybridized carbons (Fsp3) is 0.462. The fourth-order valence-electron chi connectivity index (χ4n) is 2.28. The highest BCUT2D eigenvalue weighted by Gasteiger charge is 2.21. The molecule has 0 aliphatic carbocycles. The van der Waals surface area contributed by atoms with Crippen molar-refractivity contribution < 1.29 is 9.72 Å². The minimum absolute atomic E-state index is 0. The van der Waals surface area contributed by atoms with Gasteiger partial charge in [-0.05, 0) is 13.1 Å². The summed E-state index contributed by atoms with van der Waals surface area (Å²) in [6.45, 7) is 3.01. The highest BCUT2D eigenvalue weighted by molar-refractivity contribution is 5.85. The number of rotatable bonds is 4. The molecule has 0 unspecified atom stereocenters. The molecule has 0 saturated carbocycles. The molecule has 2 rings (SSSR count). The van der Waals surface area contributed by atoms with Gasteiger partial charge in [-0.25, -0.2) is 0 Å². The Morgan fingerprint density at radius 1 is 1.33 bits per heavy atom. The number of piperazine rings is 1. The van der Waals surface area contributed by atoms with Crippen molar-refractivity contribution in [3.05, 3.63) is 34.4 Å². The van der Waals surface area contributed by atoms with E-state index in [-0.39, 0.29) is 24.0 Å². The van der Waals surface area contributed by atoms with Crippen LogP contribution in [0.25, 0.3) is 0 Å². The minimum Gasteiger partial charge on any atom is -0.368 e. The molecule has 7 nitrogen and oxygen atoms in total. The van der Waals surface area contributed by atoms with Gasteiger partial charge >= 0.3 is 0 Å². The van der Waals surface area contributed by atoms with Crippen LogP contribution in [0.2, 0.25) is 0 Å². The van der Waals surface area contributed by atoms with Crippen LogP contribution in [-0.2, 0) is 4.79 Å². The highest BCUT2D eigenvalue weighted by Crippen LogP contribution is 2.22. The predicted molar refractivity (Wildman–Crippen MR) is 83.1 cm³/mol. The van der Waals surface area contributed by atoms with Crippen molar-refractivity contribution >= 4 is 29.7 Å². The summed E-state index contributed by atoms with van der Waals surface area (Å²) in [6, 6.07) is 6.60. The van der Waals surface area contributed by atoms with E-state index in [2.05, 4.69) is 10.2 Å². The van der Waals surface area contributed by atoms with E-state index in [0.717, 1.165) is 5.69 Å². The standard InChI is InChI=1S/C13H18N4O3.ClH/c1-14-10-13(18)16-7-5-15(6-8-16)11-3-2-4-12(9-11)17(19)20;/h2-4,9,14H,5-8,10H2,1H3;1H. The second-order valence-electron chi connectivity index (χ2n) is 4.68. The van der Waals surface area contributed by atoms with Gasteiger partial charge in [-0.15, -0.1) is 12.4 Å². The number of nitrogens with zero attached hydrogens (tertiary/aromatic N) is 3. The normalized spacial score (nSPS) is 14.5. The topological polar surface area (TPSA) is 78.7 Å². The molecule has 0 atom stereocenters. The molecule has 0 bridgehead atoms. The summed E-state index contributed by atoms with van der Waals surface area (Å²) in [5.74, 6) is 0.0891. The largest absolute Gasteiger partial charge is 0.368 e. The number of anilines is 1. The summed E-state index contributed by atoms with van der Waals surface area (Å²) in [5, 5.41) is 13.6. The van der Waals surface area contributed by atoms with Crippen LogP contribution in [0.5, 0.6) is 0 Å². The SMILES string of the molecule is CNCC(=O)N1CCN(c2cccc([N+](=O)[O-])c2)CC1.Cl. The summed E-state index contributed by atoms with van der Waals surface area (Å²) in [4.78, 5) is 26.0. The Bertz CT molecular complexity index is 504. The summed E-state index contributed by atoms with van der Waals surface area (Å²) in [5.41, 5.74) is 0.927. The number of hydrogen-bond acceptors (Lipinski definition) is 5. The maximum atomic E-state index is 11.7. The third-order valence-electron chi connectivity index (χ3n) is 3.37. The molecule has 21 heavy (non-hydrogen) atoms. The number of halogens is 1. The number of carbonyl (C=O) groups is 1. The molecule has 0 aromatic heterocycles. The predicted octanol–water partition coefficient (Wildman–Crippen LogP) is 0.885. The van der Waals surface area contributed by atoms with Gasteiger partial charge in [0.15, 0.2) is 0 Å². The maximum absolute atomic E-state index is 11.7. The summed E-state index contributed by atoms with van der Waals surface area (Å²) in [7, 11) is 1.75. The first-order valence-corrected chi connectivity index (χ1v) is 6.53.